The molecule has 3 nitrogen and oxygen atoms in total. The normalized spacial score (nSPS) is 31.6. The van der Waals surface area contributed by atoms with Gasteiger partial charge < -0.3 is 10.6 Å². The molecule has 2 N–H and O–H groups in total. The van der Waals surface area contributed by atoms with Crippen molar-refractivity contribution in [1.82, 2.24) is 4.90 Å². The summed E-state index contributed by atoms with van der Waals surface area (Å²) in [4.78, 5) is 6.77. The molecule has 1 saturated heterocycles. The zero-order valence-corrected chi connectivity index (χ0v) is 11.5. The first-order chi connectivity index (χ1) is 8.21. The predicted octanol–water partition coefficient (Wildman–Crippen LogP) is 1.93. The Labute approximate surface area is 108 Å². The fraction of sp³-hybridized carbons (Fsp3) is 0.923. The van der Waals surface area contributed by atoms with E-state index in [0.29, 0.717) is 11.5 Å². The smallest absolute Gasteiger partial charge is 0.191 e. The molecule has 3 aliphatic rings. The molecule has 2 aliphatic carbocycles. The molecule has 1 spiro atoms. The standard InChI is InChI=1S/C13H23N3S/c1-16(11-2-3-11)12(14)15-9-10-8-13(10)4-6-17-7-5-13/h10-11H,2-9H2,1H3,(H2,14,15). The predicted molar refractivity (Wildman–Crippen MR) is 74.4 cm³/mol. The van der Waals surface area contributed by atoms with Gasteiger partial charge in [-0.05, 0) is 54.9 Å². The van der Waals surface area contributed by atoms with Gasteiger partial charge in [0.25, 0.3) is 0 Å². The van der Waals surface area contributed by atoms with E-state index in [2.05, 4.69) is 28.7 Å². The number of nitrogens with zero attached hydrogens (tertiary/aromatic N) is 2. The van der Waals surface area contributed by atoms with Crippen LogP contribution in [0, 0.1) is 11.3 Å². The van der Waals surface area contributed by atoms with Crippen molar-refractivity contribution in [2.75, 3.05) is 25.1 Å². The molecule has 1 unspecified atom stereocenters. The average molecular weight is 253 g/mol. The van der Waals surface area contributed by atoms with Gasteiger partial charge in [-0.2, -0.15) is 11.8 Å². The summed E-state index contributed by atoms with van der Waals surface area (Å²) in [6, 6.07) is 0.679. The lowest BCUT2D eigenvalue weighted by Gasteiger charge is -2.22. The van der Waals surface area contributed by atoms with Crippen LogP contribution in [0.5, 0.6) is 0 Å². The van der Waals surface area contributed by atoms with E-state index in [1.54, 1.807) is 0 Å². The van der Waals surface area contributed by atoms with E-state index in [1.807, 2.05) is 0 Å². The van der Waals surface area contributed by atoms with Crippen molar-refractivity contribution < 1.29 is 0 Å². The number of thioether (sulfide) groups is 1. The highest BCUT2D eigenvalue weighted by molar-refractivity contribution is 7.99. The Kier molecular flexibility index (Phi) is 3.01. The van der Waals surface area contributed by atoms with Crippen molar-refractivity contribution in [3.05, 3.63) is 0 Å². The fourth-order valence-electron chi connectivity index (χ4n) is 3.04. The van der Waals surface area contributed by atoms with Crippen LogP contribution in [0.25, 0.3) is 0 Å². The Balaban J connectivity index is 1.49. The Hall–Kier alpha value is -0.380. The summed E-state index contributed by atoms with van der Waals surface area (Å²) in [7, 11) is 2.08. The Morgan fingerprint density at radius 2 is 2.12 bits per heavy atom. The van der Waals surface area contributed by atoms with Crippen LogP contribution < -0.4 is 5.73 Å². The maximum Gasteiger partial charge on any atom is 0.191 e. The lowest BCUT2D eigenvalue weighted by molar-refractivity contribution is 0.420. The summed E-state index contributed by atoms with van der Waals surface area (Å²) >= 11 is 2.11. The largest absolute Gasteiger partial charge is 0.370 e. The van der Waals surface area contributed by atoms with Crippen LogP contribution in [0.2, 0.25) is 0 Å². The molecule has 1 atom stereocenters. The van der Waals surface area contributed by atoms with Crippen LogP contribution in [0.3, 0.4) is 0 Å². The highest BCUT2D eigenvalue weighted by Gasteiger charge is 2.53. The molecule has 4 heteroatoms. The van der Waals surface area contributed by atoms with E-state index < -0.39 is 0 Å². The highest BCUT2D eigenvalue weighted by atomic mass is 32.2. The number of nitrogens with two attached hydrogens (primary N) is 1. The van der Waals surface area contributed by atoms with E-state index in [0.717, 1.165) is 18.4 Å². The summed E-state index contributed by atoms with van der Waals surface area (Å²) in [5.74, 6) is 4.31. The van der Waals surface area contributed by atoms with Crippen molar-refractivity contribution in [2.24, 2.45) is 22.1 Å². The Morgan fingerprint density at radius 1 is 1.41 bits per heavy atom. The van der Waals surface area contributed by atoms with Crippen molar-refractivity contribution in [3.8, 4) is 0 Å². The molecule has 3 fully saturated rings. The number of aliphatic imine (C=N–C) groups is 1. The first kappa shape index (κ1) is 11.7. The summed E-state index contributed by atoms with van der Waals surface area (Å²) < 4.78 is 0. The third kappa shape index (κ3) is 2.42. The Bertz CT molecular complexity index is 319. The van der Waals surface area contributed by atoms with E-state index in [9.17, 15) is 0 Å². The number of guanidine groups is 1. The van der Waals surface area contributed by atoms with Gasteiger partial charge in [0.1, 0.15) is 0 Å². The number of hydrogen-bond donors (Lipinski definition) is 1. The summed E-state index contributed by atoms with van der Waals surface area (Å²) in [6.07, 6.45) is 6.80. The van der Waals surface area contributed by atoms with Gasteiger partial charge in [0, 0.05) is 19.6 Å². The summed E-state index contributed by atoms with van der Waals surface area (Å²) in [5.41, 5.74) is 6.70. The Morgan fingerprint density at radius 3 is 2.76 bits per heavy atom. The fourth-order valence-corrected chi connectivity index (χ4v) is 4.35. The van der Waals surface area contributed by atoms with E-state index in [1.165, 1.54) is 43.6 Å². The second-order valence-corrected chi connectivity index (χ2v) is 7.14. The van der Waals surface area contributed by atoms with E-state index in [-0.39, 0.29) is 0 Å². The second kappa shape index (κ2) is 4.38. The van der Waals surface area contributed by atoms with Crippen LogP contribution >= 0.6 is 11.8 Å². The minimum absolute atomic E-state index is 0.674. The van der Waals surface area contributed by atoms with Crippen LogP contribution in [-0.4, -0.2) is 42.0 Å². The second-order valence-electron chi connectivity index (χ2n) is 5.92. The molecule has 0 amide bonds. The molecule has 0 aromatic rings. The van der Waals surface area contributed by atoms with Crippen LogP contribution in [-0.2, 0) is 0 Å². The van der Waals surface area contributed by atoms with Gasteiger partial charge in [-0.15, -0.1) is 0 Å². The van der Waals surface area contributed by atoms with Gasteiger partial charge in [-0.3, -0.25) is 4.99 Å². The molecule has 2 saturated carbocycles. The summed E-state index contributed by atoms with van der Waals surface area (Å²) in [6.45, 7) is 0.966. The van der Waals surface area contributed by atoms with Gasteiger partial charge in [0.2, 0.25) is 0 Å². The van der Waals surface area contributed by atoms with Crippen LogP contribution in [0.4, 0.5) is 0 Å². The molecule has 1 aliphatic heterocycles. The molecule has 0 aromatic heterocycles. The molecule has 1 heterocycles. The summed E-state index contributed by atoms with van der Waals surface area (Å²) in [5, 5.41) is 0. The van der Waals surface area contributed by atoms with Crippen LogP contribution in [0.1, 0.15) is 32.1 Å². The molecule has 3 rings (SSSR count). The molecule has 0 aromatic carbocycles. The van der Waals surface area contributed by atoms with Crippen molar-refractivity contribution in [2.45, 2.75) is 38.1 Å². The molecular formula is C13H23N3S. The minimum Gasteiger partial charge on any atom is -0.370 e. The highest BCUT2D eigenvalue weighted by Crippen LogP contribution is 2.60. The van der Waals surface area contributed by atoms with Gasteiger partial charge in [-0.25, -0.2) is 0 Å². The first-order valence-electron chi connectivity index (χ1n) is 6.82. The average Bonchev–Trinajstić information content (AvgIpc) is 3.23. The molecule has 17 heavy (non-hydrogen) atoms. The lowest BCUT2D eigenvalue weighted by atomic mass is 9.96. The molecule has 0 radical (unpaired) electrons. The molecular weight excluding hydrogens is 230 g/mol. The van der Waals surface area contributed by atoms with E-state index >= 15 is 0 Å². The maximum absolute atomic E-state index is 6.02. The van der Waals surface area contributed by atoms with Crippen molar-refractivity contribution >= 4 is 17.7 Å². The van der Waals surface area contributed by atoms with Crippen molar-refractivity contribution in [1.29, 1.82) is 0 Å². The first-order valence-corrected chi connectivity index (χ1v) is 7.97. The topological polar surface area (TPSA) is 41.6 Å². The molecule has 96 valence electrons. The number of rotatable bonds is 3. The lowest BCUT2D eigenvalue weighted by Crippen LogP contribution is -2.36. The zero-order valence-electron chi connectivity index (χ0n) is 10.7. The zero-order chi connectivity index (χ0) is 11.9. The van der Waals surface area contributed by atoms with Gasteiger partial charge in [0.05, 0.1) is 0 Å². The van der Waals surface area contributed by atoms with E-state index in [4.69, 9.17) is 5.73 Å². The third-order valence-electron chi connectivity index (χ3n) is 4.78. The van der Waals surface area contributed by atoms with Crippen molar-refractivity contribution in [3.63, 3.8) is 0 Å². The minimum atomic E-state index is 0.674. The van der Waals surface area contributed by atoms with Crippen LogP contribution in [0.15, 0.2) is 4.99 Å². The monoisotopic (exact) mass is 253 g/mol. The van der Waals surface area contributed by atoms with Gasteiger partial charge >= 0.3 is 0 Å². The third-order valence-corrected chi connectivity index (χ3v) is 5.76. The van der Waals surface area contributed by atoms with Gasteiger partial charge in [-0.1, -0.05) is 0 Å². The van der Waals surface area contributed by atoms with Gasteiger partial charge in [0.15, 0.2) is 5.96 Å². The maximum atomic E-state index is 6.02. The quantitative estimate of drug-likeness (QED) is 0.617. The molecule has 0 bridgehead atoms. The number of hydrogen-bond acceptors (Lipinski definition) is 2. The SMILES string of the molecule is CN(C(N)=NCC1CC12CCSCC2)C1CC1.